The molecule has 0 aliphatic rings. The van der Waals surface area contributed by atoms with E-state index in [-0.39, 0.29) is 0 Å². The smallest absolute Gasteiger partial charge is 0.257 e. The molecule has 0 aromatic carbocycles. The van der Waals surface area contributed by atoms with Gasteiger partial charge in [0.2, 0.25) is 0 Å². The summed E-state index contributed by atoms with van der Waals surface area (Å²) in [7, 11) is 11.4. The summed E-state index contributed by atoms with van der Waals surface area (Å²) in [5.74, 6) is 0. The minimum absolute atomic E-state index is 0.389. The monoisotopic (exact) mass is 286 g/mol. The first kappa shape index (κ1) is 14.8. The molecule has 1 aromatic heterocycles. The van der Waals surface area contributed by atoms with Gasteiger partial charge < -0.3 is 14.7 Å². The molecule has 0 unspecified atom stereocenters. The molecule has 1 rings (SSSR count). The highest BCUT2D eigenvalue weighted by Gasteiger charge is 2.06. The molecule has 1 heterocycles. The van der Waals surface area contributed by atoms with Crippen LogP contribution in [-0.2, 0) is 0 Å². The number of hydrogen-bond acceptors (Lipinski definition) is 6. The van der Waals surface area contributed by atoms with Crippen LogP contribution in [0.2, 0.25) is 0 Å². The van der Waals surface area contributed by atoms with Gasteiger partial charge in [0.25, 0.3) is 5.62 Å². The van der Waals surface area contributed by atoms with Gasteiger partial charge in [-0.15, -0.1) is 0 Å². The highest BCUT2D eigenvalue weighted by molar-refractivity contribution is 7.80. The van der Waals surface area contributed by atoms with Crippen LogP contribution < -0.4 is 15.4 Å². The topological polar surface area (TPSA) is 47.9 Å². The summed E-state index contributed by atoms with van der Waals surface area (Å²) >= 11 is 6.63. The molecule has 18 heavy (non-hydrogen) atoms. The Morgan fingerprint density at radius 1 is 1.00 bits per heavy atom. The lowest BCUT2D eigenvalue weighted by Crippen LogP contribution is -2.26. The van der Waals surface area contributed by atoms with E-state index < -0.39 is 0 Å². The fourth-order valence-corrected chi connectivity index (χ4v) is 1.81. The average Bonchev–Trinajstić information content (AvgIpc) is 2.28. The normalized spacial score (nSPS) is 9.89. The fourth-order valence-electron chi connectivity index (χ4n) is 0.942. The van der Waals surface area contributed by atoms with Crippen LogP contribution in [0.15, 0.2) is 4.99 Å². The van der Waals surface area contributed by atoms with Gasteiger partial charge in [0.15, 0.2) is 15.4 Å². The van der Waals surface area contributed by atoms with Gasteiger partial charge in [0, 0.05) is 42.3 Å². The second kappa shape index (κ2) is 6.05. The summed E-state index contributed by atoms with van der Waals surface area (Å²) in [6.07, 6.45) is 0. The minimum atomic E-state index is 0.389. The predicted molar refractivity (Wildman–Crippen MR) is 80.4 cm³/mol. The number of nitrogens with zero attached hydrogens (tertiary/aromatic N) is 6. The van der Waals surface area contributed by atoms with Crippen molar-refractivity contribution in [3.63, 3.8) is 0 Å². The Bertz CT molecular complexity index is 462. The molecular formula is C10H18N6S2. The largest absolute Gasteiger partial charge is 0.354 e. The summed E-state index contributed by atoms with van der Waals surface area (Å²) in [4.78, 5) is 18.6. The predicted octanol–water partition coefficient (Wildman–Crippen LogP) is 0.417. The molecule has 0 saturated heterocycles. The van der Waals surface area contributed by atoms with Crippen LogP contribution >= 0.6 is 23.6 Å². The van der Waals surface area contributed by atoms with Crippen LogP contribution in [-0.4, -0.2) is 62.3 Å². The molecule has 0 radical (unpaired) electrons. The maximum Gasteiger partial charge on any atom is 0.257 e. The fraction of sp³-hybridized carbons (Fsp3) is 0.600. The van der Waals surface area contributed by atoms with Gasteiger partial charge in [-0.05, 0) is 12.2 Å². The molecule has 0 amide bonds. The Labute approximate surface area is 117 Å². The molecule has 0 spiro atoms. The Morgan fingerprint density at radius 3 is 1.78 bits per heavy atom. The molecule has 0 N–H and O–H groups in total. The van der Waals surface area contributed by atoms with Gasteiger partial charge in [-0.2, -0.15) is 15.0 Å². The van der Waals surface area contributed by atoms with E-state index in [2.05, 4.69) is 15.0 Å². The molecule has 0 aliphatic carbocycles. The highest BCUT2D eigenvalue weighted by Crippen LogP contribution is 2.20. The lowest BCUT2D eigenvalue weighted by Gasteiger charge is -2.14. The Kier molecular flexibility index (Phi) is 4.97. The SMILES string of the molecule is CN(C)C(=S)N=c1nc(N(C)C)sc(N(C)C)n1. The lowest BCUT2D eigenvalue weighted by molar-refractivity contribution is 0.625. The van der Waals surface area contributed by atoms with E-state index in [1.165, 1.54) is 11.3 Å². The molecule has 100 valence electrons. The number of anilines is 2. The van der Waals surface area contributed by atoms with Crippen molar-refractivity contribution in [3.05, 3.63) is 5.62 Å². The third-order valence-electron chi connectivity index (χ3n) is 1.92. The summed E-state index contributed by atoms with van der Waals surface area (Å²) in [6, 6.07) is 0. The van der Waals surface area contributed by atoms with E-state index in [1.54, 1.807) is 4.90 Å². The minimum Gasteiger partial charge on any atom is -0.354 e. The lowest BCUT2D eigenvalue weighted by atomic mass is 10.8. The van der Waals surface area contributed by atoms with Crippen LogP contribution in [0, 0.1) is 0 Å². The van der Waals surface area contributed by atoms with E-state index in [0.29, 0.717) is 10.7 Å². The Morgan fingerprint density at radius 2 is 1.44 bits per heavy atom. The van der Waals surface area contributed by atoms with Gasteiger partial charge in [-0.25, -0.2) is 0 Å². The standard InChI is InChI=1S/C10H18N6S2/c1-14(2)8(17)11-7-12-9(15(3)4)18-10(13-7)16(5)6/h1-6H3. The molecule has 0 bridgehead atoms. The zero-order valence-electron chi connectivity index (χ0n) is 11.5. The molecule has 0 fully saturated rings. The van der Waals surface area contributed by atoms with E-state index in [9.17, 15) is 0 Å². The molecule has 1 aromatic rings. The molecule has 0 saturated carbocycles. The number of thiocarbonyl (C=S) groups is 1. The molecule has 0 atom stereocenters. The van der Waals surface area contributed by atoms with Crippen molar-refractivity contribution in [2.45, 2.75) is 0 Å². The van der Waals surface area contributed by atoms with Gasteiger partial charge >= 0.3 is 0 Å². The van der Waals surface area contributed by atoms with Gasteiger partial charge in [-0.1, -0.05) is 11.3 Å². The van der Waals surface area contributed by atoms with Crippen molar-refractivity contribution in [3.8, 4) is 0 Å². The average molecular weight is 286 g/mol. The first-order chi connectivity index (χ1) is 8.31. The van der Waals surface area contributed by atoms with Crippen molar-refractivity contribution in [2.24, 2.45) is 4.99 Å². The maximum atomic E-state index is 5.13. The van der Waals surface area contributed by atoms with Crippen LogP contribution in [0.4, 0.5) is 10.3 Å². The van der Waals surface area contributed by atoms with Crippen LogP contribution in [0.25, 0.3) is 0 Å². The van der Waals surface area contributed by atoms with Crippen molar-refractivity contribution < 1.29 is 0 Å². The summed E-state index contributed by atoms with van der Waals surface area (Å²) in [6.45, 7) is 0. The summed E-state index contributed by atoms with van der Waals surface area (Å²) in [5.41, 5.74) is 0.389. The van der Waals surface area contributed by atoms with Gasteiger partial charge in [0.05, 0.1) is 0 Å². The van der Waals surface area contributed by atoms with E-state index in [4.69, 9.17) is 12.2 Å². The number of rotatable bonds is 2. The highest BCUT2D eigenvalue weighted by atomic mass is 32.1. The van der Waals surface area contributed by atoms with Crippen LogP contribution in [0.1, 0.15) is 0 Å². The Balaban J connectivity index is 3.31. The van der Waals surface area contributed by atoms with E-state index in [0.717, 1.165) is 10.3 Å². The van der Waals surface area contributed by atoms with Crippen LogP contribution in [0.5, 0.6) is 0 Å². The zero-order chi connectivity index (χ0) is 13.9. The van der Waals surface area contributed by atoms with Gasteiger partial charge in [0.1, 0.15) is 0 Å². The van der Waals surface area contributed by atoms with Crippen molar-refractivity contribution in [1.29, 1.82) is 0 Å². The van der Waals surface area contributed by atoms with Crippen molar-refractivity contribution in [2.75, 3.05) is 52.1 Å². The summed E-state index contributed by atoms with van der Waals surface area (Å²) < 4.78 is 0. The number of hydrogen-bond donors (Lipinski definition) is 0. The van der Waals surface area contributed by atoms with E-state index in [1.807, 2.05) is 52.1 Å². The first-order valence-corrected chi connectivity index (χ1v) is 6.53. The van der Waals surface area contributed by atoms with Crippen LogP contribution in [0.3, 0.4) is 0 Å². The second-order valence-corrected chi connectivity index (χ2v) is 5.57. The maximum absolute atomic E-state index is 5.13. The molecule has 8 heteroatoms. The van der Waals surface area contributed by atoms with Gasteiger partial charge in [-0.3, -0.25) is 0 Å². The quantitative estimate of drug-likeness (QED) is 0.734. The third-order valence-corrected chi connectivity index (χ3v) is 3.65. The summed E-state index contributed by atoms with van der Waals surface area (Å²) in [5, 5.41) is 2.14. The van der Waals surface area contributed by atoms with Crippen molar-refractivity contribution in [1.82, 2.24) is 14.9 Å². The molecule has 6 nitrogen and oxygen atoms in total. The zero-order valence-corrected chi connectivity index (χ0v) is 13.1. The Hall–Kier alpha value is -1.28. The second-order valence-electron chi connectivity index (χ2n) is 4.27. The first-order valence-electron chi connectivity index (χ1n) is 5.31. The molecule has 0 aliphatic heterocycles. The third kappa shape index (κ3) is 3.88. The number of aromatic nitrogens is 2. The molecular weight excluding hydrogens is 268 g/mol. The van der Waals surface area contributed by atoms with Crippen molar-refractivity contribution >= 4 is 38.9 Å². The van der Waals surface area contributed by atoms with E-state index >= 15 is 0 Å².